The van der Waals surface area contributed by atoms with Gasteiger partial charge in [-0.3, -0.25) is 14.1 Å². The highest BCUT2D eigenvalue weighted by molar-refractivity contribution is 9.10. The lowest BCUT2D eigenvalue weighted by Crippen LogP contribution is -2.65. The van der Waals surface area contributed by atoms with E-state index < -0.39 is 6.09 Å². The molecule has 0 saturated carbocycles. The first-order valence-corrected chi connectivity index (χ1v) is 11.6. The molecule has 5 rings (SSSR count). The van der Waals surface area contributed by atoms with E-state index in [2.05, 4.69) is 25.9 Å². The van der Waals surface area contributed by atoms with Crippen LogP contribution in [0.1, 0.15) is 30.1 Å². The second kappa shape index (κ2) is 8.37. The van der Waals surface area contributed by atoms with Crippen LogP contribution in [0.3, 0.4) is 0 Å². The number of piperidine rings is 1. The van der Waals surface area contributed by atoms with Crippen molar-refractivity contribution in [1.29, 1.82) is 0 Å². The SMILES string of the molecule is O=C(O)N1CC(=O)N2CC(c3nc(Br)c4c(Cl)nccn34)CCC2C1Cc1ccccc1. The lowest BCUT2D eigenvalue weighted by molar-refractivity contribution is -0.144. The van der Waals surface area contributed by atoms with Gasteiger partial charge in [-0.25, -0.2) is 14.8 Å². The number of amides is 2. The molecule has 10 heteroatoms. The smallest absolute Gasteiger partial charge is 0.408 e. The van der Waals surface area contributed by atoms with Crippen molar-refractivity contribution in [3.63, 3.8) is 0 Å². The standard InChI is InChI=1S/C22H21BrClN5O3/c23-19-18-20(24)25-8-9-27(18)21(26-19)14-6-7-15-16(10-13-4-2-1-3-5-13)29(22(31)32)12-17(30)28(15)11-14/h1-5,8-9,14-16H,6-7,10-12H2,(H,31,32). The van der Waals surface area contributed by atoms with Gasteiger partial charge in [-0.15, -0.1) is 0 Å². The third-order valence-electron chi connectivity index (χ3n) is 6.49. The zero-order valence-electron chi connectivity index (χ0n) is 17.1. The fourth-order valence-electron chi connectivity index (χ4n) is 5.03. The topological polar surface area (TPSA) is 91.0 Å². The number of piperazine rings is 1. The van der Waals surface area contributed by atoms with Crippen molar-refractivity contribution in [2.24, 2.45) is 0 Å². The fraction of sp³-hybridized carbons (Fsp3) is 0.364. The Morgan fingerprint density at radius 1 is 1.25 bits per heavy atom. The minimum absolute atomic E-state index is 0.0150. The molecule has 166 valence electrons. The van der Waals surface area contributed by atoms with Gasteiger partial charge >= 0.3 is 6.09 Å². The highest BCUT2D eigenvalue weighted by Gasteiger charge is 2.46. The maximum Gasteiger partial charge on any atom is 0.408 e. The molecule has 2 aromatic heterocycles. The molecule has 4 heterocycles. The monoisotopic (exact) mass is 517 g/mol. The quantitative estimate of drug-likeness (QED) is 0.569. The Morgan fingerprint density at radius 2 is 2.03 bits per heavy atom. The van der Waals surface area contributed by atoms with Gasteiger partial charge in [-0.1, -0.05) is 41.9 Å². The number of halogens is 2. The van der Waals surface area contributed by atoms with Crippen LogP contribution in [0, 0.1) is 0 Å². The van der Waals surface area contributed by atoms with Gasteiger partial charge in [0.1, 0.15) is 22.5 Å². The van der Waals surface area contributed by atoms with Gasteiger partial charge in [0.05, 0.1) is 12.1 Å². The van der Waals surface area contributed by atoms with Crippen LogP contribution in [0.25, 0.3) is 5.52 Å². The predicted molar refractivity (Wildman–Crippen MR) is 122 cm³/mol. The number of carboxylic acid groups (broad SMARTS) is 1. The van der Waals surface area contributed by atoms with Crippen LogP contribution < -0.4 is 0 Å². The number of carbonyl (C=O) groups excluding carboxylic acids is 1. The van der Waals surface area contributed by atoms with E-state index in [1.54, 1.807) is 6.20 Å². The Kier molecular flexibility index (Phi) is 5.54. The Morgan fingerprint density at radius 3 is 2.78 bits per heavy atom. The molecule has 0 radical (unpaired) electrons. The lowest BCUT2D eigenvalue weighted by Gasteiger charge is -2.50. The van der Waals surface area contributed by atoms with E-state index in [1.165, 1.54) is 4.90 Å². The van der Waals surface area contributed by atoms with Gasteiger partial charge in [0.15, 0.2) is 5.15 Å². The molecule has 3 unspecified atom stereocenters. The van der Waals surface area contributed by atoms with Crippen molar-refractivity contribution in [3.05, 3.63) is 63.9 Å². The Bertz CT molecular complexity index is 1190. The molecule has 2 aliphatic rings. The number of aromatic nitrogens is 3. The summed E-state index contributed by atoms with van der Waals surface area (Å²) < 4.78 is 2.54. The Balaban J connectivity index is 1.45. The van der Waals surface area contributed by atoms with E-state index in [0.29, 0.717) is 34.7 Å². The fourth-order valence-corrected chi connectivity index (χ4v) is 5.95. The molecule has 32 heavy (non-hydrogen) atoms. The molecule has 0 bridgehead atoms. The number of hydrogen-bond acceptors (Lipinski definition) is 4. The molecular formula is C22H21BrClN5O3. The van der Waals surface area contributed by atoms with Crippen LogP contribution in [-0.4, -0.2) is 66.4 Å². The summed E-state index contributed by atoms with van der Waals surface area (Å²) in [6.07, 6.45) is 4.47. The molecule has 3 atom stereocenters. The van der Waals surface area contributed by atoms with Crippen LogP contribution >= 0.6 is 27.5 Å². The first-order chi connectivity index (χ1) is 15.4. The van der Waals surface area contributed by atoms with E-state index in [9.17, 15) is 14.7 Å². The summed E-state index contributed by atoms with van der Waals surface area (Å²) in [4.78, 5) is 36.9. The zero-order valence-corrected chi connectivity index (χ0v) is 19.4. The predicted octanol–water partition coefficient (Wildman–Crippen LogP) is 3.82. The van der Waals surface area contributed by atoms with E-state index in [4.69, 9.17) is 11.6 Å². The summed E-state index contributed by atoms with van der Waals surface area (Å²) in [5.74, 6) is 0.676. The van der Waals surface area contributed by atoms with Crippen LogP contribution in [0.4, 0.5) is 4.79 Å². The molecule has 0 aliphatic carbocycles. The third-order valence-corrected chi connectivity index (χ3v) is 7.32. The van der Waals surface area contributed by atoms with Crippen LogP contribution in [0.5, 0.6) is 0 Å². The summed E-state index contributed by atoms with van der Waals surface area (Å²) in [5, 5.41) is 10.2. The molecule has 1 N–H and O–H groups in total. The first kappa shape index (κ1) is 21.2. The maximum absolute atomic E-state index is 13.0. The van der Waals surface area contributed by atoms with Gasteiger partial charge in [-0.05, 0) is 40.8 Å². The number of fused-ring (bicyclic) bond motifs is 2. The van der Waals surface area contributed by atoms with Crippen molar-refractivity contribution in [2.45, 2.75) is 37.3 Å². The third kappa shape index (κ3) is 3.63. The highest BCUT2D eigenvalue weighted by Crippen LogP contribution is 2.37. The second-order valence-corrected chi connectivity index (χ2v) is 9.36. The first-order valence-electron chi connectivity index (χ1n) is 10.4. The largest absolute Gasteiger partial charge is 0.465 e. The average molecular weight is 519 g/mol. The van der Waals surface area contributed by atoms with Gasteiger partial charge < -0.3 is 10.0 Å². The van der Waals surface area contributed by atoms with Gasteiger partial charge in [-0.2, -0.15) is 0 Å². The van der Waals surface area contributed by atoms with Crippen molar-refractivity contribution >= 4 is 45.0 Å². The average Bonchev–Trinajstić information content (AvgIpc) is 3.13. The van der Waals surface area contributed by atoms with Gasteiger partial charge in [0, 0.05) is 24.9 Å². The molecule has 2 aliphatic heterocycles. The number of nitrogens with zero attached hydrogens (tertiary/aromatic N) is 5. The lowest BCUT2D eigenvalue weighted by atomic mass is 9.84. The summed E-state index contributed by atoms with van der Waals surface area (Å²) >= 11 is 9.74. The Hall–Kier alpha value is -2.65. The van der Waals surface area contributed by atoms with Crippen molar-refractivity contribution in [2.75, 3.05) is 13.1 Å². The van der Waals surface area contributed by atoms with Gasteiger partial charge in [0.2, 0.25) is 5.91 Å². The second-order valence-electron chi connectivity index (χ2n) is 8.25. The summed E-state index contributed by atoms with van der Waals surface area (Å²) in [6, 6.07) is 9.39. The van der Waals surface area contributed by atoms with E-state index >= 15 is 0 Å². The maximum atomic E-state index is 13.0. The minimum atomic E-state index is -1.05. The number of rotatable bonds is 3. The molecule has 0 spiro atoms. The zero-order chi connectivity index (χ0) is 22.4. The Labute approximate surface area is 197 Å². The summed E-state index contributed by atoms with van der Waals surface area (Å²) in [7, 11) is 0. The number of carbonyl (C=O) groups is 2. The number of imidazole rings is 1. The molecule has 3 aromatic rings. The van der Waals surface area contributed by atoms with Crippen LogP contribution in [-0.2, 0) is 11.2 Å². The minimum Gasteiger partial charge on any atom is -0.465 e. The molecule has 8 nitrogen and oxygen atoms in total. The van der Waals surface area contributed by atoms with E-state index in [1.807, 2.05) is 45.8 Å². The number of benzene rings is 1. The van der Waals surface area contributed by atoms with Crippen molar-refractivity contribution in [3.8, 4) is 0 Å². The summed E-state index contributed by atoms with van der Waals surface area (Å²) in [6.45, 7) is 0.367. The van der Waals surface area contributed by atoms with Gasteiger partial charge in [0.25, 0.3) is 0 Å². The van der Waals surface area contributed by atoms with E-state index in [-0.39, 0.29) is 30.5 Å². The van der Waals surface area contributed by atoms with Crippen molar-refractivity contribution in [1.82, 2.24) is 24.2 Å². The van der Waals surface area contributed by atoms with E-state index in [0.717, 1.165) is 17.8 Å². The molecule has 1 aromatic carbocycles. The molecule has 2 amide bonds. The van der Waals surface area contributed by atoms with Crippen molar-refractivity contribution < 1.29 is 14.7 Å². The number of hydrogen-bond donors (Lipinski definition) is 1. The van der Waals surface area contributed by atoms with Crippen LogP contribution in [0.2, 0.25) is 5.15 Å². The molecule has 2 saturated heterocycles. The summed E-state index contributed by atoms with van der Waals surface area (Å²) in [5.41, 5.74) is 1.76. The highest BCUT2D eigenvalue weighted by atomic mass is 79.9. The molecular weight excluding hydrogens is 498 g/mol. The normalized spacial score (nSPS) is 23.4. The van der Waals surface area contributed by atoms with Crippen LogP contribution in [0.15, 0.2) is 47.3 Å². The molecule has 2 fully saturated rings.